The van der Waals surface area contributed by atoms with Crippen LogP contribution in [0, 0.1) is 0 Å². The highest BCUT2D eigenvalue weighted by molar-refractivity contribution is 7.99. The normalized spacial score (nSPS) is 15.5. The van der Waals surface area contributed by atoms with Crippen molar-refractivity contribution in [3.05, 3.63) is 29.3 Å². The predicted octanol–water partition coefficient (Wildman–Crippen LogP) is 3.76. The third-order valence-electron chi connectivity index (χ3n) is 3.69. The average molecular weight is 311 g/mol. The van der Waals surface area contributed by atoms with Gasteiger partial charge in [-0.1, -0.05) is 19.9 Å². The monoisotopic (exact) mass is 311 g/mol. The number of aliphatic hydroxyl groups excluding tert-OH is 1. The van der Waals surface area contributed by atoms with E-state index in [9.17, 15) is 5.11 Å². The van der Waals surface area contributed by atoms with Gasteiger partial charge in [0.2, 0.25) is 0 Å². The molecule has 1 aromatic carbocycles. The highest BCUT2D eigenvalue weighted by Gasteiger charge is 2.13. The zero-order chi connectivity index (χ0) is 15.8. The van der Waals surface area contributed by atoms with Crippen molar-refractivity contribution < 1.29 is 9.84 Å². The van der Waals surface area contributed by atoms with Crippen LogP contribution in [0.2, 0.25) is 0 Å². The van der Waals surface area contributed by atoms with Crippen molar-refractivity contribution in [3.63, 3.8) is 0 Å². The molecule has 120 valence electrons. The molecule has 0 spiro atoms. The molecular weight excluding hydrogens is 282 g/mol. The molecule has 0 radical (unpaired) electrons. The number of rotatable bonds is 9. The van der Waals surface area contributed by atoms with Gasteiger partial charge in [-0.3, -0.25) is 0 Å². The number of hydrogen-bond acceptors (Lipinski definition) is 4. The van der Waals surface area contributed by atoms with Gasteiger partial charge in [-0.25, -0.2) is 0 Å². The molecule has 0 aliphatic carbocycles. The van der Waals surface area contributed by atoms with E-state index in [1.807, 2.05) is 13.0 Å². The van der Waals surface area contributed by atoms with Gasteiger partial charge in [0.25, 0.3) is 0 Å². The Morgan fingerprint density at radius 3 is 2.57 bits per heavy atom. The van der Waals surface area contributed by atoms with Crippen LogP contribution >= 0.6 is 11.8 Å². The van der Waals surface area contributed by atoms with Crippen molar-refractivity contribution >= 4 is 11.8 Å². The Balaban J connectivity index is 2.80. The molecule has 0 aliphatic heterocycles. The van der Waals surface area contributed by atoms with Crippen LogP contribution in [0.5, 0.6) is 5.75 Å². The number of nitrogens with one attached hydrogen (secondary N) is 1. The Hall–Kier alpha value is -0.710. The molecule has 2 N–H and O–H groups in total. The van der Waals surface area contributed by atoms with Gasteiger partial charge >= 0.3 is 0 Å². The molecule has 0 heterocycles. The second-order valence-electron chi connectivity index (χ2n) is 5.50. The molecule has 1 aromatic rings. The van der Waals surface area contributed by atoms with Crippen LogP contribution in [0.1, 0.15) is 51.3 Å². The first-order chi connectivity index (χ1) is 9.99. The molecule has 0 bridgehead atoms. The van der Waals surface area contributed by atoms with E-state index in [4.69, 9.17) is 4.74 Å². The van der Waals surface area contributed by atoms with Gasteiger partial charge in [0.05, 0.1) is 13.2 Å². The molecule has 1 rings (SSSR count). The Kier molecular flexibility index (Phi) is 8.15. The standard InChI is InChI=1S/C17H29NO2S/c1-6-9-18-12(2)15-7-8-17(20-5)16(10-15)11-21-14(4)13(3)19/h7-8,10,12-14,18-19H,6,9,11H2,1-5H3. The molecule has 3 nitrogen and oxygen atoms in total. The van der Waals surface area contributed by atoms with E-state index >= 15 is 0 Å². The van der Waals surface area contributed by atoms with Crippen LogP contribution in [0.3, 0.4) is 0 Å². The Morgan fingerprint density at radius 2 is 2.00 bits per heavy atom. The van der Waals surface area contributed by atoms with Crippen LogP contribution in [-0.4, -0.2) is 30.1 Å². The van der Waals surface area contributed by atoms with E-state index in [1.165, 1.54) is 11.1 Å². The fraction of sp³-hybridized carbons (Fsp3) is 0.647. The van der Waals surface area contributed by atoms with E-state index in [-0.39, 0.29) is 11.4 Å². The maximum Gasteiger partial charge on any atom is 0.122 e. The van der Waals surface area contributed by atoms with E-state index in [1.54, 1.807) is 18.9 Å². The Bertz CT molecular complexity index is 423. The zero-order valence-electron chi connectivity index (χ0n) is 13.8. The number of thioether (sulfide) groups is 1. The molecule has 0 aromatic heterocycles. The SMILES string of the molecule is CCCNC(C)c1ccc(OC)c(CSC(C)C(C)O)c1. The fourth-order valence-electron chi connectivity index (χ4n) is 2.02. The number of methoxy groups -OCH3 is 1. The summed E-state index contributed by atoms with van der Waals surface area (Å²) in [7, 11) is 1.71. The molecule has 0 fully saturated rings. The third-order valence-corrected chi connectivity index (χ3v) is 5.08. The average Bonchev–Trinajstić information content (AvgIpc) is 2.49. The minimum atomic E-state index is -0.297. The summed E-state index contributed by atoms with van der Waals surface area (Å²) in [6, 6.07) is 6.73. The van der Waals surface area contributed by atoms with Crippen LogP contribution in [0.25, 0.3) is 0 Å². The third kappa shape index (κ3) is 5.89. The van der Waals surface area contributed by atoms with Gasteiger partial charge in [0, 0.05) is 22.6 Å². The lowest BCUT2D eigenvalue weighted by molar-refractivity contribution is 0.196. The maximum absolute atomic E-state index is 9.60. The van der Waals surface area contributed by atoms with Gasteiger partial charge < -0.3 is 15.2 Å². The van der Waals surface area contributed by atoms with Crippen molar-refractivity contribution in [2.75, 3.05) is 13.7 Å². The maximum atomic E-state index is 9.60. The van der Waals surface area contributed by atoms with E-state index < -0.39 is 0 Å². The smallest absolute Gasteiger partial charge is 0.122 e. The predicted molar refractivity (Wildman–Crippen MR) is 92.1 cm³/mol. The minimum Gasteiger partial charge on any atom is -0.496 e. The highest BCUT2D eigenvalue weighted by atomic mass is 32.2. The second kappa shape index (κ2) is 9.34. The summed E-state index contributed by atoms with van der Waals surface area (Å²) < 4.78 is 5.46. The molecule has 21 heavy (non-hydrogen) atoms. The Morgan fingerprint density at radius 1 is 1.29 bits per heavy atom. The molecule has 4 heteroatoms. The summed E-state index contributed by atoms with van der Waals surface area (Å²) in [5, 5.41) is 13.3. The Labute approximate surface area is 133 Å². The lowest BCUT2D eigenvalue weighted by Gasteiger charge is -2.18. The van der Waals surface area contributed by atoms with Gasteiger partial charge in [-0.05, 0) is 44.5 Å². The number of benzene rings is 1. The number of aliphatic hydroxyl groups is 1. The van der Waals surface area contributed by atoms with Crippen molar-refractivity contribution in [3.8, 4) is 5.75 Å². The zero-order valence-corrected chi connectivity index (χ0v) is 14.7. The molecular formula is C17H29NO2S. The van der Waals surface area contributed by atoms with Gasteiger partial charge in [-0.15, -0.1) is 0 Å². The van der Waals surface area contributed by atoms with Gasteiger partial charge in [0.15, 0.2) is 0 Å². The van der Waals surface area contributed by atoms with Gasteiger partial charge in [-0.2, -0.15) is 11.8 Å². The number of hydrogen-bond donors (Lipinski definition) is 2. The summed E-state index contributed by atoms with van der Waals surface area (Å²) in [4.78, 5) is 0. The lowest BCUT2D eigenvalue weighted by Crippen LogP contribution is -2.19. The van der Waals surface area contributed by atoms with Crippen LogP contribution in [0.15, 0.2) is 18.2 Å². The topological polar surface area (TPSA) is 41.5 Å². The summed E-state index contributed by atoms with van der Waals surface area (Å²) >= 11 is 1.76. The number of ether oxygens (including phenoxy) is 1. The highest BCUT2D eigenvalue weighted by Crippen LogP contribution is 2.29. The van der Waals surface area contributed by atoms with Crippen LogP contribution < -0.4 is 10.1 Å². The van der Waals surface area contributed by atoms with Gasteiger partial charge in [0.1, 0.15) is 5.75 Å². The van der Waals surface area contributed by atoms with Crippen molar-refractivity contribution in [1.82, 2.24) is 5.32 Å². The summed E-state index contributed by atoms with van der Waals surface area (Å²) in [6.45, 7) is 9.27. The summed E-state index contributed by atoms with van der Waals surface area (Å²) in [6.07, 6.45) is 0.837. The molecule has 0 amide bonds. The van der Waals surface area contributed by atoms with Crippen molar-refractivity contribution in [2.45, 2.75) is 57.3 Å². The van der Waals surface area contributed by atoms with Crippen molar-refractivity contribution in [2.24, 2.45) is 0 Å². The summed E-state index contributed by atoms with van der Waals surface area (Å²) in [5.41, 5.74) is 2.47. The van der Waals surface area contributed by atoms with Crippen LogP contribution in [0.4, 0.5) is 0 Å². The first-order valence-electron chi connectivity index (χ1n) is 7.69. The molecule has 0 aliphatic rings. The first kappa shape index (κ1) is 18.3. The van der Waals surface area contributed by atoms with E-state index in [2.05, 4.69) is 38.2 Å². The van der Waals surface area contributed by atoms with Crippen molar-refractivity contribution in [1.29, 1.82) is 0 Å². The molecule has 0 saturated heterocycles. The quantitative estimate of drug-likeness (QED) is 0.728. The largest absolute Gasteiger partial charge is 0.496 e. The summed E-state index contributed by atoms with van der Waals surface area (Å²) in [5.74, 6) is 1.77. The molecule has 0 saturated carbocycles. The van der Waals surface area contributed by atoms with E-state index in [0.717, 1.165) is 24.5 Å². The first-order valence-corrected chi connectivity index (χ1v) is 8.74. The second-order valence-corrected chi connectivity index (χ2v) is 6.87. The van der Waals surface area contributed by atoms with E-state index in [0.29, 0.717) is 6.04 Å². The fourth-order valence-corrected chi connectivity index (χ4v) is 2.97. The minimum absolute atomic E-state index is 0.217. The molecule has 3 atom stereocenters. The lowest BCUT2D eigenvalue weighted by atomic mass is 10.0. The van der Waals surface area contributed by atoms with Crippen LogP contribution in [-0.2, 0) is 5.75 Å². The molecule has 3 unspecified atom stereocenters.